The molecule has 3 unspecified atom stereocenters. The molecule has 0 spiro atoms. The first-order valence-corrected chi connectivity index (χ1v) is 9.08. The molecule has 1 saturated heterocycles. The zero-order chi connectivity index (χ0) is 16.5. The molecule has 4 rings (SSSR count). The number of anilines is 1. The molecule has 3 nitrogen and oxygen atoms in total. The van der Waals surface area contributed by atoms with E-state index < -0.39 is 0 Å². The normalized spacial score (nSPS) is 26.8. The average molecular weight is 322 g/mol. The Balaban J connectivity index is 1.57. The molecule has 0 radical (unpaired) electrons. The van der Waals surface area contributed by atoms with Crippen LogP contribution in [0.5, 0.6) is 0 Å². The lowest BCUT2D eigenvalue weighted by Crippen LogP contribution is -2.55. The highest BCUT2D eigenvalue weighted by Crippen LogP contribution is 2.43. The second kappa shape index (κ2) is 6.58. The second-order valence-corrected chi connectivity index (χ2v) is 7.03. The number of likely N-dealkylation sites (tertiary alicyclic amines) is 1. The van der Waals surface area contributed by atoms with Crippen LogP contribution in [0.25, 0.3) is 0 Å². The topological polar surface area (TPSA) is 26.7 Å². The number of aliphatic hydroxyl groups is 1. The van der Waals surface area contributed by atoms with E-state index in [0.29, 0.717) is 6.04 Å². The Morgan fingerprint density at radius 3 is 2.58 bits per heavy atom. The van der Waals surface area contributed by atoms with Gasteiger partial charge in [0.05, 0.1) is 6.10 Å². The first kappa shape index (κ1) is 15.7. The van der Waals surface area contributed by atoms with Crippen LogP contribution in [-0.2, 0) is 6.54 Å². The highest BCUT2D eigenvalue weighted by atomic mass is 16.3. The van der Waals surface area contributed by atoms with E-state index in [4.69, 9.17) is 0 Å². The van der Waals surface area contributed by atoms with Crippen molar-refractivity contribution < 1.29 is 5.11 Å². The van der Waals surface area contributed by atoms with Crippen LogP contribution in [0.2, 0.25) is 0 Å². The van der Waals surface area contributed by atoms with Crippen LogP contribution in [0.4, 0.5) is 5.69 Å². The summed E-state index contributed by atoms with van der Waals surface area (Å²) in [6.45, 7) is 6.27. The lowest BCUT2D eigenvalue weighted by atomic mass is 9.79. The molecular weight excluding hydrogens is 296 g/mol. The lowest BCUT2D eigenvalue weighted by Gasteiger charge is -2.50. The zero-order valence-electron chi connectivity index (χ0n) is 14.3. The van der Waals surface area contributed by atoms with E-state index in [-0.39, 0.29) is 12.0 Å². The number of para-hydroxylation sites is 1. The van der Waals surface area contributed by atoms with Gasteiger partial charge in [-0.3, -0.25) is 4.90 Å². The largest absolute Gasteiger partial charge is 0.388 e. The smallest absolute Gasteiger partial charge is 0.0870 e. The van der Waals surface area contributed by atoms with E-state index in [1.54, 1.807) is 0 Å². The maximum Gasteiger partial charge on any atom is 0.0870 e. The van der Waals surface area contributed by atoms with Crippen molar-refractivity contribution in [3.63, 3.8) is 0 Å². The molecule has 126 valence electrons. The average Bonchev–Trinajstić information content (AvgIpc) is 2.64. The quantitative estimate of drug-likeness (QED) is 0.937. The Bertz CT molecular complexity index is 687. The fourth-order valence-corrected chi connectivity index (χ4v) is 4.54. The van der Waals surface area contributed by atoms with E-state index >= 15 is 0 Å². The van der Waals surface area contributed by atoms with Crippen molar-refractivity contribution in [2.45, 2.75) is 32.0 Å². The van der Waals surface area contributed by atoms with Gasteiger partial charge in [0.15, 0.2) is 0 Å². The van der Waals surface area contributed by atoms with E-state index in [9.17, 15) is 5.11 Å². The minimum atomic E-state index is -0.354. The van der Waals surface area contributed by atoms with Gasteiger partial charge in [-0.25, -0.2) is 0 Å². The summed E-state index contributed by atoms with van der Waals surface area (Å²) in [6, 6.07) is 19.5. The molecule has 1 N–H and O–H groups in total. The number of nitrogens with zero attached hydrogens (tertiary/aromatic N) is 2. The van der Waals surface area contributed by atoms with Crippen molar-refractivity contribution >= 4 is 5.69 Å². The predicted octanol–water partition coefficient (Wildman–Crippen LogP) is 3.45. The summed E-state index contributed by atoms with van der Waals surface area (Å²) in [5, 5.41) is 11.0. The Labute approximate surface area is 144 Å². The lowest BCUT2D eigenvalue weighted by molar-refractivity contribution is 0.0257. The number of hydrogen-bond donors (Lipinski definition) is 1. The molecule has 0 amide bonds. The predicted molar refractivity (Wildman–Crippen MR) is 98.0 cm³/mol. The van der Waals surface area contributed by atoms with Crippen LogP contribution in [0.15, 0.2) is 54.6 Å². The molecule has 3 atom stereocenters. The maximum atomic E-state index is 11.0. The van der Waals surface area contributed by atoms with Crippen LogP contribution in [0.1, 0.15) is 30.6 Å². The maximum absolute atomic E-state index is 11.0. The number of fused-ring (bicyclic) bond motifs is 2. The molecule has 2 aromatic carbocycles. The molecule has 0 saturated carbocycles. The summed E-state index contributed by atoms with van der Waals surface area (Å²) < 4.78 is 0. The first-order valence-electron chi connectivity index (χ1n) is 9.08. The van der Waals surface area contributed by atoms with Gasteiger partial charge in [-0.15, -0.1) is 0 Å². The van der Waals surface area contributed by atoms with Gasteiger partial charge in [-0.2, -0.15) is 0 Å². The molecule has 0 aliphatic carbocycles. The van der Waals surface area contributed by atoms with Crippen molar-refractivity contribution in [3.05, 3.63) is 65.7 Å². The summed E-state index contributed by atoms with van der Waals surface area (Å²) in [7, 11) is 0. The van der Waals surface area contributed by atoms with Crippen molar-refractivity contribution in [1.29, 1.82) is 0 Å². The highest BCUT2D eigenvalue weighted by molar-refractivity contribution is 5.58. The van der Waals surface area contributed by atoms with Crippen molar-refractivity contribution in [2.75, 3.05) is 24.5 Å². The molecular formula is C21H26N2O. The molecule has 2 aliphatic heterocycles. The first-order chi connectivity index (χ1) is 11.8. The van der Waals surface area contributed by atoms with Crippen molar-refractivity contribution in [3.8, 4) is 0 Å². The van der Waals surface area contributed by atoms with Crippen LogP contribution in [-0.4, -0.2) is 35.7 Å². The summed E-state index contributed by atoms with van der Waals surface area (Å²) in [4.78, 5) is 5.01. The molecule has 2 aromatic rings. The van der Waals surface area contributed by atoms with Gasteiger partial charge in [0.25, 0.3) is 0 Å². The van der Waals surface area contributed by atoms with Gasteiger partial charge >= 0.3 is 0 Å². The van der Waals surface area contributed by atoms with Crippen molar-refractivity contribution in [2.24, 2.45) is 5.92 Å². The van der Waals surface area contributed by atoms with Gasteiger partial charge < -0.3 is 10.0 Å². The number of piperidine rings is 1. The third kappa shape index (κ3) is 2.72. The standard InChI is InChI=1S/C21H26N2O/c1-2-23-19-11-7-6-10-17(19)21(24)18-15-22(13-12-20(18)23)14-16-8-4-3-5-9-16/h3-11,18,20-21,24H,2,12-15H2,1H3. The molecule has 0 aromatic heterocycles. The second-order valence-electron chi connectivity index (χ2n) is 7.03. The van der Waals surface area contributed by atoms with Gasteiger partial charge in [0.1, 0.15) is 0 Å². The minimum Gasteiger partial charge on any atom is -0.388 e. The summed E-state index contributed by atoms with van der Waals surface area (Å²) in [5.74, 6) is 0.289. The van der Waals surface area contributed by atoms with Gasteiger partial charge in [-0.05, 0) is 25.0 Å². The molecule has 3 heteroatoms. The summed E-state index contributed by atoms with van der Waals surface area (Å²) in [5.41, 5.74) is 3.68. The van der Waals surface area contributed by atoms with Gasteiger partial charge in [0.2, 0.25) is 0 Å². The Morgan fingerprint density at radius 2 is 1.79 bits per heavy atom. The Hall–Kier alpha value is -1.84. The van der Waals surface area contributed by atoms with Crippen LogP contribution in [0, 0.1) is 5.92 Å². The Kier molecular flexibility index (Phi) is 4.30. The molecule has 0 bridgehead atoms. The number of hydrogen-bond acceptors (Lipinski definition) is 3. The fourth-order valence-electron chi connectivity index (χ4n) is 4.54. The van der Waals surface area contributed by atoms with E-state index in [1.165, 1.54) is 11.3 Å². The van der Waals surface area contributed by atoms with E-state index in [2.05, 4.69) is 65.3 Å². The SMILES string of the molecule is CCN1c2ccccc2C(O)C2CN(Cc3ccccc3)CCC21. The van der Waals surface area contributed by atoms with Gasteiger partial charge in [0, 0.05) is 49.4 Å². The molecule has 2 heterocycles. The van der Waals surface area contributed by atoms with E-state index in [1.807, 2.05) is 6.07 Å². The van der Waals surface area contributed by atoms with E-state index in [0.717, 1.165) is 38.2 Å². The van der Waals surface area contributed by atoms with Gasteiger partial charge in [-0.1, -0.05) is 48.5 Å². The molecule has 1 fully saturated rings. The Morgan fingerprint density at radius 1 is 1.04 bits per heavy atom. The molecule has 24 heavy (non-hydrogen) atoms. The summed E-state index contributed by atoms with van der Waals surface area (Å²) in [6.07, 6.45) is 0.768. The fraction of sp³-hybridized carbons (Fsp3) is 0.429. The molecule has 2 aliphatic rings. The zero-order valence-corrected chi connectivity index (χ0v) is 14.3. The minimum absolute atomic E-state index is 0.289. The summed E-state index contributed by atoms with van der Waals surface area (Å²) >= 11 is 0. The number of rotatable bonds is 3. The third-order valence-corrected chi connectivity index (χ3v) is 5.66. The van der Waals surface area contributed by atoms with Crippen LogP contribution < -0.4 is 4.90 Å². The van der Waals surface area contributed by atoms with Crippen LogP contribution in [0.3, 0.4) is 0 Å². The third-order valence-electron chi connectivity index (χ3n) is 5.66. The van der Waals surface area contributed by atoms with Crippen molar-refractivity contribution in [1.82, 2.24) is 4.90 Å². The number of benzene rings is 2. The monoisotopic (exact) mass is 322 g/mol. The highest BCUT2D eigenvalue weighted by Gasteiger charge is 2.42. The number of aliphatic hydroxyl groups excluding tert-OH is 1. The van der Waals surface area contributed by atoms with Crippen LogP contribution >= 0.6 is 0 Å².